The zero-order valence-electron chi connectivity index (χ0n) is 9.87. The number of hydrogen-bond donors (Lipinski definition) is 3. The molecule has 1 amide bonds. The number of carbonyl (C=O) groups is 1. The lowest BCUT2D eigenvalue weighted by Crippen LogP contribution is -2.59. The zero-order chi connectivity index (χ0) is 12.0. The van der Waals surface area contributed by atoms with Crippen molar-refractivity contribution in [1.29, 1.82) is 0 Å². The third-order valence-electron chi connectivity index (χ3n) is 2.98. The molecule has 0 heterocycles. The summed E-state index contributed by atoms with van der Waals surface area (Å²) in [4.78, 5) is 11.7. The predicted octanol–water partition coefficient (Wildman–Crippen LogP) is 0.346. The molecule has 1 aliphatic rings. The largest absolute Gasteiger partial charge is 0.396 e. The third-order valence-corrected chi connectivity index (χ3v) is 4.22. The third kappa shape index (κ3) is 3.37. The summed E-state index contributed by atoms with van der Waals surface area (Å²) < 4.78 is 0. The highest BCUT2D eigenvalue weighted by Gasteiger charge is 2.48. The summed E-state index contributed by atoms with van der Waals surface area (Å²) in [6.45, 7) is 2.97. The van der Waals surface area contributed by atoms with Crippen molar-refractivity contribution >= 4 is 17.7 Å². The molecule has 0 saturated heterocycles. The average molecular weight is 246 g/mol. The second-order valence-electron chi connectivity index (χ2n) is 4.27. The molecule has 0 aromatic carbocycles. The van der Waals surface area contributed by atoms with E-state index in [0.29, 0.717) is 5.92 Å². The van der Waals surface area contributed by atoms with E-state index >= 15 is 0 Å². The van der Waals surface area contributed by atoms with E-state index in [4.69, 9.17) is 10.8 Å². The summed E-state index contributed by atoms with van der Waals surface area (Å²) in [6.07, 6.45) is 2.96. The van der Waals surface area contributed by atoms with E-state index in [1.807, 2.05) is 6.92 Å². The van der Waals surface area contributed by atoms with Crippen LogP contribution in [0.25, 0.3) is 0 Å². The van der Waals surface area contributed by atoms with Crippen molar-refractivity contribution in [3.05, 3.63) is 0 Å². The van der Waals surface area contributed by atoms with Crippen molar-refractivity contribution in [1.82, 2.24) is 5.32 Å². The molecule has 1 aliphatic carbocycles. The summed E-state index contributed by atoms with van der Waals surface area (Å²) in [5, 5.41) is 12.0. The van der Waals surface area contributed by atoms with Gasteiger partial charge in [0.1, 0.15) is 5.54 Å². The minimum Gasteiger partial charge on any atom is -0.396 e. The van der Waals surface area contributed by atoms with Crippen molar-refractivity contribution in [2.24, 2.45) is 11.7 Å². The number of aliphatic hydroxyl groups excluding tert-OH is 1. The molecular weight excluding hydrogens is 224 g/mol. The van der Waals surface area contributed by atoms with Gasteiger partial charge in [0.25, 0.3) is 0 Å². The van der Waals surface area contributed by atoms with Gasteiger partial charge in [0.05, 0.1) is 0 Å². The fourth-order valence-electron chi connectivity index (χ4n) is 1.96. The Kier molecular flexibility index (Phi) is 5.58. The van der Waals surface area contributed by atoms with Gasteiger partial charge in [-0.25, -0.2) is 0 Å². The monoisotopic (exact) mass is 246 g/mol. The maximum absolute atomic E-state index is 11.7. The molecule has 0 aromatic heterocycles. The number of aliphatic hydroxyl groups is 1. The summed E-state index contributed by atoms with van der Waals surface area (Å²) >= 11 is 1.70. The van der Waals surface area contributed by atoms with Crippen LogP contribution in [0.1, 0.15) is 26.2 Å². The Morgan fingerprint density at radius 3 is 2.75 bits per heavy atom. The molecule has 1 saturated carbocycles. The number of thioether (sulfide) groups is 1. The minimum absolute atomic E-state index is 0.210. The molecule has 4 nitrogen and oxygen atoms in total. The molecule has 4 N–H and O–H groups in total. The average Bonchev–Trinajstić information content (AvgIpc) is 3.06. The minimum atomic E-state index is -0.519. The number of nitrogens with two attached hydrogens (primary N) is 1. The number of likely N-dealkylation sites (N-methyl/N-ethyl adjacent to an activating group) is 1. The van der Waals surface area contributed by atoms with E-state index in [0.717, 1.165) is 37.3 Å². The highest BCUT2D eigenvalue weighted by Crippen LogP contribution is 2.41. The Bertz CT molecular complexity index is 234. The normalized spacial score (nSPS) is 19.4. The molecule has 0 spiro atoms. The Balaban J connectivity index is 2.50. The molecule has 5 heteroatoms. The Labute approximate surface area is 101 Å². The second-order valence-corrected chi connectivity index (χ2v) is 5.38. The summed E-state index contributed by atoms with van der Waals surface area (Å²) in [5.41, 5.74) is 5.03. The van der Waals surface area contributed by atoms with Crippen molar-refractivity contribution in [2.45, 2.75) is 31.7 Å². The molecule has 0 radical (unpaired) electrons. The van der Waals surface area contributed by atoms with Crippen LogP contribution in [0.5, 0.6) is 0 Å². The van der Waals surface area contributed by atoms with Crippen molar-refractivity contribution in [2.75, 3.05) is 24.7 Å². The molecule has 94 valence electrons. The Morgan fingerprint density at radius 2 is 2.31 bits per heavy atom. The van der Waals surface area contributed by atoms with Crippen LogP contribution in [0.3, 0.4) is 0 Å². The smallest absolute Gasteiger partial charge is 0.238 e. The first kappa shape index (κ1) is 13.8. The maximum atomic E-state index is 11.7. The van der Waals surface area contributed by atoms with Gasteiger partial charge in [-0.3, -0.25) is 4.79 Å². The van der Waals surface area contributed by atoms with E-state index < -0.39 is 5.54 Å². The van der Waals surface area contributed by atoms with Gasteiger partial charge in [0.15, 0.2) is 0 Å². The lowest BCUT2D eigenvalue weighted by molar-refractivity contribution is -0.124. The zero-order valence-corrected chi connectivity index (χ0v) is 10.7. The highest BCUT2D eigenvalue weighted by molar-refractivity contribution is 7.99. The molecule has 16 heavy (non-hydrogen) atoms. The predicted molar refractivity (Wildman–Crippen MR) is 67.4 cm³/mol. The first-order valence-electron chi connectivity index (χ1n) is 5.91. The van der Waals surface area contributed by atoms with E-state index in [2.05, 4.69) is 5.32 Å². The van der Waals surface area contributed by atoms with E-state index in [1.54, 1.807) is 11.8 Å². The molecule has 0 aliphatic heterocycles. The van der Waals surface area contributed by atoms with Crippen LogP contribution in [0, 0.1) is 5.92 Å². The Morgan fingerprint density at radius 1 is 1.62 bits per heavy atom. The van der Waals surface area contributed by atoms with E-state index in [-0.39, 0.29) is 12.5 Å². The van der Waals surface area contributed by atoms with Gasteiger partial charge < -0.3 is 16.2 Å². The molecule has 1 fully saturated rings. The van der Waals surface area contributed by atoms with Crippen LogP contribution in [-0.4, -0.2) is 41.2 Å². The fourth-order valence-corrected chi connectivity index (χ4v) is 3.24. The van der Waals surface area contributed by atoms with Crippen LogP contribution < -0.4 is 11.1 Å². The topological polar surface area (TPSA) is 75.3 Å². The lowest BCUT2D eigenvalue weighted by Gasteiger charge is -2.31. The molecule has 1 atom stereocenters. The number of hydrogen-bond acceptors (Lipinski definition) is 4. The molecule has 0 bridgehead atoms. The summed E-state index contributed by atoms with van der Waals surface area (Å²) in [5.74, 6) is 1.78. The first-order chi connectivity index (χ1) is 7.67. The maximum Gasteiger partial charge on any atom is 0.238 e. The van der Waals surface area contributed by atoms with Gasteiger partial charge in [-0.15, -0.1) is 0 Å². The summed E-state index contributed by atoms with van der Waals surface area (Å²) in [6, 6.07) is 0. The van der Waals surface area contributed by atoms with Gasteiger partial charge in [-0.2, -0.15) is 11.8 Å². The van der Waals surface area contributed by atoms with Crippen LogP contribution >= 0.6 is 11.8 Å². The van der Waals surface area contributed by atoms with Crippen molar-refractivity contribution in [3.63, 3.8) is 0 Å². The van der Waals surface area contributed by atoms with Gasteiger partial charge in [-0.1, -0.05) is 6.92 Å². The number of primary amides is 1. The highest BCUT2D eigenvalue weighted by atomic mass is 32.2. The number of nitrogens with one attached hydrogen (secondary N) is 1. The second kappa shape index (κ2) is 6.47. The van der Waals surface area contributed by atoms with E-state index in [9.17, 15) is 4.79 Å². The van der Waals surface area contributed by atoms with Crippen LogP contribution in [-0.2, 0) is 4.79 Å². The lowest BCUT2D eigenvalue weighted by atomic mass is 9.94. The van der Waals surface area contributed by atoms with E-state index in [1.165, 1.54) is 0 Å². The van der Waals surface area contributed by atoms with Gasteiger partial charge in [-0.05, 0) is 37.5 Å². The molecular formula is C11H22N2O2S. The molecule has 1 unspecified atom stereocenters. The molecule has 1 rings (SSSR count). The SMILES string of the molecule is CCNC(CSCCCO)(C(N)=O)C1CC1. The standard InChI is InChI=1S/C11H22N2O2S/c1-2-13-11(10(12)15,9-4-5-9)8-16-7-3-6-14/h9,13-14H,2-8H2,1H3,(H2,12,15). The first-order valence-corrected chi connectivity index (χ1v) is 7.06. The number of rotatable bonds is 9. The fraction of sp³-hybridized carbons (Fsp3) is 0.909. The van der Waals surface area contributed by atoms with Crippen LogP contribution in [0.2, 0.25) is 0 Å². The van der Waals surface area contributed by atoms with Gasteiger partial charge >= 0.3 is 0 Å². The van der Waals surface area contributed by atoms with Crippen molar-refractivity contribution in [3.8, 4) is 0 Å². The van der Waals surface area contributed by atoms with Crippen LogP contribution in [0.4, 0.5) is 0 Å². The van der Waals surface area contributed by atoms with Gasteiger partial charge in [0, 0.05) is 12.4 Å². The van der Waals surface area contributed by atoms with Crippen molar-refractivity contribution < 1.29 is 9.90 Å². The Hall–Kier alpha value is -0.260. The van der Waals surface area contributed by atoms with Crippen LogP contribution in [0.15, 0.2) is 0 Å². The summed E-state index contributed by atoms with van der Waals surface area (Å²) in [7, 11) is 0. The number of amides is 1. The number of carbonyl (C=O) groups excluding carboxylic acids is 1. The van der Waals surface area contributed by atoms with Gasteiger partial charge in [0.2, 0.25) is 5.91 Å². The molecule has 0 aromatic rings. The quantitative estimate of drug-likeness (QED) is 0.513.